The van der Waals surface area contributed by atoms with Gasteiger partial charge in [-0.05, 0) is 32.6 Å². The smallest absolute Gasteiger partial charge is 0.209 e. The molecule has 78 valence electrons. The fourth-order valence-corrected chi connectivity index (χ4v) is 3.33. The summed E-state index contributed by atoms with van der Waals surface area (Å²) in [5.41, 5.74) is -0.274. The molecular weight excluding hydrogens is 186 g/mol. The first-order valence-electron chi connectivity index (χ1n) is 4.80. The van der Waals surface area contributed by atoms with Gasteiger partial charge in [0, 0.05) is 5.54 Å². The Hall–Kier alpha value is -0.0900. The van der Waals surface area contributed by atoms with Crippen LogP contribution in [0.15, 0.2) is 0 Å². The lowest BCUT2D eigenvalue weighted by molar-refractivity contribution is 0.298. The summed E-state index contributed by atoms with van der Waals surface area (Å²) < 4.78 is 24.9. The topological polar surface area (TPSA) is 46.2 Å². The Kier molecular flexibility index (Phi) is 3.02. The molecule has 0 atom stereocenters. The van der Waals surface area contributed by atoms with Crippen LogP contribution in [0, 0.1) is 5.92 Å². The molecule has 0 heterocycles. The summed E-state index contributed by atoms with van der Waals surface area (Å²) >= 11 is 0. The highest BCUT2D eigenvalue weighted by Crippen LogP contribution is 2.33. The van der Waals surface area contributed by atoms with E-state index in [2.05, 4.69) is 4.72 Å². The third-order valence-corrected chi connectivity index (χ3v) is 3.72. The van der Waals surface area contributed by atoms with Crippen molar-refractivity contribution in [2.24, 2.45) is 5.92 Å². The molecule has 3 nitrogen and oxygen atoms in total. The third kappa shape index (κ3) is 3.27. The van der Waals surface area contributed by atoms with E-state index in [4.69, 9.17) is 0 Å². The Morgan fingerprint density at radius 3 is 2.08 bits per heavy atom. The average molecular weight is 205 g/mol. The fourth-order valence-electron chi connectivity index (χ4n) is 2.21. The van der Waals surface area contributed by atoms with Gasteiger partial charge in [0.25, 0.3) is 0 Å². The Balaban J connectivity index is 2.64. The SMILES string of the molecule is CC(C)(NS(C)(=O)=O)C1CCCC1. The van der Waals surface area contributed by atoms with Gasteiger partial charge in [0.05, 0.1) is 6.26 Å². The monoisotopic (exact) mass is 205 g/mol. The second-order valence-corrected chi connectivity index (χ2v) is 6.33. The normalized spacial score (nSPS) is 20.8. The van der Waals surface area contributed by atoms with Gasteiger partial charge in [-0.25, -0.2) is 13.1 Å². The summed E-state index contributed by atoms with van der Waals surface area (Å²) in [4.78, 5) is 0. The lowest BCUT2D eigenvalue weighted by atomic mass is 9.87. The van der Waals surface area contributed by atoms with Gasteiger partial charge < -0.3 is 0 Å². The average Bonchev–Trinajstić information content (AvgIpc) is 2.29. The molecule has 1 N–H and O–H groups in total. The molecule has 13 heavy (non-hydrogen) atoms. The number of nitrogens with one attached hydrogen (secondary N) is 1. The molecule has 0 bridgehead atoms. The van der Waals surface area contributed by atoms with E-state index in [1.807, 2.05) is 13.8 Å². The van der Waals surface area contributed by atoms with Crippen LogP contribution in [-0.4, -0.2) is 20.2 Å². The van der Waals surface area contributed by atoms with Crippen LogP contribution in [0.3, 0.4) is 0 Å². The molecule has 1 rings (SSSR count). The molecule has 1 saturated carbocycles. The van der Waals surface area contributed by atoms with Gasteiger partial charge >= 0.3 is 0 Å². The quantitative estimate of drug-likeness (QED) is 0.759. The number of rotatable bonds is 3. The van der Waals surface area contributed by atoms with Crippen molar-refractivity contribution in [2.45, 2.75) is 45.1 Å². The summed E-state index contributed by atoms with van der Waals surface area (Å²) in [6, 6.07) is 0. The molecule has 0 saturated heterocycles. The van der Waals surface area contributed by atoms with Crippen molar-refractivity contribution >= 4 is 10.0 Å². The van der Waals surface area contributed by atoms with Gasteiger partial charge in [0.1, 0.15) is 0 Å². The molecule has 0 amide bonds. The van der Waals surface area contributed by atoms with Gasteiger partial charge in [0.2, 0.25) is 10.0 Å². The van der Waals surface area contributed by atoms with E-state index < -0.39 is 10.0 Å². The van der Waals surface area contributed by atoms with Crippen LogP contribution in [0.4, 0.5) is 0 Å². The first-order valence-corrected chi connectivity index (χ1v) is 6.69. The standard InChI is InChI=1S/C9H19NO2S/c1-9(2,10-13(3,11)12)8-6-4-5-7-8/h8,10H,4-7H2,1-3H3. The minimum absolute atomic E-state index is 0.274. The number of hydrogen-bond acceptors (Lipinski definition) is 2. The van der Waals surface area contributed by atoms with Crippen molar-refractivity contribution in [3.63, 3.8) is 0 Å². The van der Waals surface area contributed by atoms with Crippen LogP contribution in [0.1, 0.15) is 39.5 Å². The zero-order valence-electron chi connectivity index (χ0n) is 8.63. The molecule has 0 unspecified atom stereocenters. The van der Waals surface area contributed by atoms with E-state index in [0.717, 1.165) is 12.8 Å². The molecular formula is C9H19NO2S. The summed E-state index contributed by atoms with van der Waals surface area (Å²) in [6.45, 7) is 3.95. The maximum Gasteiger partial charge on any atom is 0.209 e. The Bertz CT molecular complexity index is 263. The van der Waals surface area contributed by atoms with Crippen LogP contribution < -0.4 is 4.72 Å². The van der Waals surface area contributed by atoms with Gasteiger partial charge in [-0.2, -0.15) is 0 Å². The highest BCUT2D eigenvalue weighted by molar-refractivity contribution is 7.88. The van der Waals surface area contributed by atoms with Crippen molar-refractivity contribution in [2.75, 3.05) is 6.26 Å². The van der Waals surface area contributed by atoms with E-state index in [1.54, 1.807) is 0 Å². The molecule has 0 aromatic heterocycles. The Labute approximate surface area is 81.0 Å². The maximum absolute atomic E-state index is 11.1. The largest absolute Gasteiger partial charge is 0.213 e. The highest BCUT2D eigenvalue weighted by Gasteiger charge is 2.33. The molecule has 0 aromatic rings. The van der Waals surface area contributed by atoms with Crippen molar-refractivity contribution in [1.82, 2.24) is 4.72 Å². The molecule has 0 spiro atoms. The van der Waals surface area contributed by atoms with E-state index >= 15 is 0 Å². The number of sulfonamides is 1. The van der Waals surface area contributed by atoms with Crippen LogP contribution in [0.2, 0.25) is 0 Å². The highest BCUT2D eigenvalue weighted by atomic mass is 32.2. The van der Waals surface area contributed by atoms with Crippen LogP contribution in [0.5, 0.6) is 0 Å². The first kappa shape index (κ1) is 11.0. The van der Waals surface area contributed by atoms with E-state index in [1.165, 1.54) is 19.1 Å². The van der Waals surface area contributed by atoms with Gasteiger partial charge in [-0.1, -0.05) is 12.8 Å². The Morgan fingerprint density at radius 1 is 1.23 bits per heavy atom. The lowest BCUT2D eigenvalue weighted by Crippen LogP contribution is -2.47. The van der Waals surface area contributed by atoms with E-state index in [9.17, 15) is 8.42 Å². The molecule has 4 heteroatoms. The van der Waals surface area contributed by atoms with Crippen LogP contribution >= 0.6 is 0 Å². The van der Waals surface area contributed by atoms with Gasteiger partial charge in [-0.15, -0.1) is 0 Å². The third-order valence-electron chi connectivity index (χ3n) is 2.82. The van der Waals surface area contributed by atoms with Crippen molar-refractivity contribution in [1.29, 1.82) is 0 Å². The predicted molar refractivity (Wildman–Crippen MR) is 54.0 cm³/mol. The minimum Gasteiger partial charge on any atom is -0.213 e. The zero-order valence-corrected chi connectivity index (χ0v) is 9.45. The van der Waals surface area contributed by atoms with Crippen molar-refractivity contribution < 1.29 is 8.42 Å². The predicted octanol–water partition coefficient (Wildman–Crippen LogP) is 1.50. The second-order valence-electron chi connectivity index (χ2n) is 4.58. The van der Waals surface area contributed by atoms with Crippen molar-refractivity contribution in [3.05, 3.63) is 0 Å². The zero-order chi connectivity index (χ0) is 10.1. The van der Waals surface area contributed by atoms with E-state index in [0.29, 0.717) is 5.92 Å². The van der Waals surface area contributed by atoms with Crippen LogP contribution in [-0.2, 0) is 10.0 Å². The summed E-state index contributed by atoms with van der Waals surface area (Å²) in [7, 11) is -3.07. The second kappa shape index (κ2) is 3.58. The number of hydrogen-bond donors (Lipinski definition) is 1. The molecule has 1 aliphatic carbocycles. The molecule has 0 aliphatic heterocycles. The van der Waals surface area contributed by atoms with Gasteiger partial charge in [0.15, 0.2) is 0 Å². The Morgan fingerprint density at radius 2 is 1.69 bits per heavy atom. The molecule has 1 aliphatic rings. The first-order chi connectivity index (χ1) is 5.81. The summed E-state index contributed by atoms with van der Waals surface area (Å²) in [5, 5.41) is 0. The molecule has 1 fully saturated rings. The maximum atomic E-state index is 11.1. The molecule has 0 radical (unpaired) electrons. The van der Waals surface area contributed by atoms with Gasteiger partial charge in [-0.3, -0.25) is 0 Å². The van der Waals surface area contributed by atoms with Crippen LogP contribution in [0.25, 0.3) is 0 Å². The fraction of sp³-hybridized carbons (Fsp3) is 1.00. The minimum atomic E-state index is -3.07. The van der Waals surface area contributed by atoms with Crippen molar-refractivity contribution in [3.8, 4) is 0 Å². The lowest BCUT2D eigenvalue weighted by Gasteiger charge is -2.31. The molecule has 0 aromatic carbocycles. The summed E-state index contributed by atoms with van der Waals surface area (Å²) in [5.74, 6) is 0.502. The van der Waals surface area contributed by atoms with E-state index in [-0.39, 0.29) is 5.54 Å². The summed E-state index contributed by atoms with van der Waals surface area (Å²) in [6.07, 6.45) is 5.99.